The number of amides is 1. The van der Waals surface area contributed by atoms with Crippen LogP contribution >= 0.6 is 0 Å². The highest BCUT2D eigenvalue weighted by Gasteiger charge is 2.32. The summed E-state index contributed by atoms with van der Waals surface area (Å²) in [5.41, 5.74) is 0.909. The van der Waals surface area contributed by atoms with Gasteiger partial charge in [0.25, 0.3) is 0 Å². The molecule has 2 aromatic rings. The lowest BCUT2D eigenvalue weighted by Gasteiger charge is -2.39. The molecule has 32 heavy (non-hydrogen) atoms. The summed E-state index contributed by atoms with van der Waals surface area (Å²) in [5, 5.41) is 0. The average molecular weight is 449 g/mol. The van der Waals surface area contributed by atoms with Crippen LogP contribution in [-0.4, -0.2) is 71.3 Å². The Hall–Kier alpha value is -2.88. The normalized spacial score (nSPS) is 20.3. The maximum absolute atomic E-state index is 13.1. The number of halogens is 3. The third-order valence-corrected chi connectivity index (χ3v) is 5.89. The molecule has 0 spiro atoms. The molecule has 1 amide bonds. The van der Waals surface area contributed by atoms with E-state index in [9.17, 15) is 18.0 Å². The average Bonchev–Trinajstić information content (AvgIpc) is 2.80. The summed E-state index contributed by atoms with van der Waals surface area (Å²) in [6.45, 7) is 4.91. The van der Waals surface area contributed by atoms with Gasteiger partial charge in [-0.2, -0.15) is 0 Å². The fourth-order valence-electron chi connectivity index (χ4n) is 4.28. The molecule has 0 N–H and O–H groups in total. The molecule has 2 aliphatic rings. The maximum Gasteiger partial charge on any atom is 0.573 e. The second-order valence-corrected chi connectivity index (χ2v) is 8.14. The molecule has 7 nitrogen and oxygen atoms in total. The van der Waals surface area contributed by atoms with Crippen molar-refractivity contribution >= 4 is 11.7 Å². The molecule has 3 heterocycles. The van der Waals surface area contributed by atoms with Gasteiger partial charge in [-0.3, -0.25) is 14.7 Å². The summed E-state index contributed by atoms with van der Waals surface area (Å²) in [6.07, 6.45) is 2.17. The number of carbonyl (C=O) groups is 1. The van der Waals surface area contributed by atoms with Crippen LogP contribution in [0.2, 0.25) is 0 Å². The molecule has 1 aromatic heterocycles. The number of ether oxygens (including phenoxy) is 1. The number of piperidine rings is 1. The maximum atomic E-state index is 13.1. The number of aromatic nitrogens is 2. The molecule has 172 valence electrons. The van der Waals surface area contributed by atoms with Gasteiger partial charge in [0.1, 0.15) is 11.6 Å². The highest BCUT2D eigenvalue weighted by atomic mass is 19.4. The standard InChI is InChI=1S/C22H26F3N5O2/c23-22(24,25)32-19-5-3-17(4-6-19)15-28-10-12-29(13-11-28)21(31)18-2-1-9-30(16-18)20-14-26-7-8-27-20/h3-8,14,18H,1-2,9-13,15-16H2/t18-/m0/s1. The van der Waals surface area contributed by atoms with Crippen molar-refractivity contribution in [1.29, 1.82) is 0 Å². The summed E-state index contributed by atoms with van der Waals surface area (Å²) in [4.78, 5) is 27.8. The number of nitrogens with zero attached hydrogens (tertiary/aromatic N) is 5. The molecule has 0 radical (unpaired) electrons. The zero-order valence-electron chi connectivity index (χ0n) is 17.7. The van der Waals surface area contributed by atoms with Crippen molar-refractivity contribution in [2.75, 3.05) is 44.2 Å². The van der Waals surface area contributed by atoms with E-state index in [2.05, 4.69) is 24.5 Å². The number of benzene rings is 1. The number of rotatable bonds is 5. The summed E-state index contributed by atoms with van der Waals surface area (Å²) >= 11 is 0. The fraction of sp³-hybridized carbons (Fsp3) is 0.500. The van der Waals surface area contributed by atoms with Crippen molar-refractivity contribution < 1.29 is 22.7 Å². The molecule has 4 rings (SSSR count). The SMILES string of the molecule is O=C([C@H]1CCCN(c2cnccn2)C1)N1CCN(Cc2ccc(OC(F)(F)F)cc2)CC1. The van der Waals surface area contributed by atoms with Crippen molar-refractivity contribution in [3.8, 4) is 5.75 Å². The van der Waals surface area contributed by atoms with E-state index in [1.807, 2.05) is 4.90 Å². The minimum Gasteiger partial charge on any atom is -0.406 e. The van der Waals surface area contributed by atoms with Crippen LogP contribution in [0.15, 0.2) is 42.9 Å². The Kier molecular flexibility index (Phi) is 6.78. The minimum absolute atomic E-state index is 0.0431. The topological polar surface area (TPSA) is 61.8 Å². The molecule has 0 unspecified atom stereocenters. The number of alkyl halides is 3. The Morgan fingerprint density at radius 1 is 1.06 bits per heavy atom. The third kappa shape index (κ3) is 5.87. The van der Waals surface area contributed by atoms with Crippen LogP contribution in [0.5, 0.6) is 5.75 Å². The van der Waals surface area contributed by atoms with Gasteiger partial charge >= 0.3 is 6.36 Å². The number of hydrogen-bond acceptors (Lipinski definition) is 6. The van der Waals surface area contributed by atoms with Crippen molar-refractivity contribution in [3.63, 3.8) is 0 Å². The molecule has 2 aliphatic heterocycles. The van der Waals surface area contributed by atoms with Crippen LogP contribution in [0.4, 0.5) is 19.0 Å². The van der Waals surface area contributed by atoms with Gasteiger partial charge in [-0.15, -0.1) is 13.2 Å². The first kappa shape index (κ1) is 22.3. The predicted molar refractivity (Wildman–Crippen MR) is 112 cm³/mol. The van der Waals surface area contributed by atoms with Crippen LogP contribution in [-0.2, 0) is 11.3 Å². The molecule has 2 fully saturated rings. The van der Waals surface area contributed by atoms with E-state index in [4.69, 9.17) is 0 Å². The first-order valence-corrected chi connectivity index (χ1v) is 10.7. The van der Waals surface area contributed by atoms with Crippen LogP contribution in [0.3, 0.4) is 0 Å². The summed E-state index contributed by atoms with van der Waals surface area (Å²) in [5.74, 6) is 0.728. The van der Waals surface area contributed by atoms with E-state index in [0.717, 1.165) is 43.9 Å². The lowest BCUT2D eigenvalue weighted by Crippen LogP contribution is -2.52. The Morgan fingerprint density at radius 3 is 2.47 bits per heavy atom. The van der Waals surface area contributed by atoms with Crippen molar-refractivity contribution in [3.05, 3.63) is 48.4 Å². The van der Waals surface area contributed by atoms with Gasteiger partial charge in [-0.05, 0) is 30.5 Å². The minimum atomic E-state index is -4.69. The molecule has 0 bridgehead atoms. The van der Waals surface area contributed by atoms with E-state index in [-0.39, 0.29) is 17.6 Å². The molecule has 10 heteroatoms. The summed E-state index contributed by atoms with van der Waals surface area (Å²) in [6, 6.07) is 5.94. The molecule has 1 aromatic carbocycles. The number of piperazine rings is 1. The van der Waals surface area contributed by atoms with Crippen LogP contribution in [0.25, 0.3) is 0 Å². The number of hydrogen-bond donors (Lipinski definition) is 0. The van der Waals surface area contributed by atoms with E-state index in [1.54, 1.807) is 30.7 Å². The first-order valence-electron chi connectivity index (χ1n) is 10.7. The van der Waals surface area contributed by atoms with Gasteiger partial charge in [0.15, 0.2) is 0 Å². The second-order valence-electron chi connectivity index (χ2n) is 8.14. The zero-order valence-corrected chi connectivity index (χ0v) is 17.7. The molecule has 0 aliphatic carbocycles. The van der Waals surface area contributed by atoms with E-state index >= 15 is 0 Å². The predicted octanol–water partition coefficient (Wildman–Crippen LogP) is 2.94. The largest absolute Gasteiger partial charge is 0.573 e. The highest BCUT2D eigenvalue weighted by molar-refractivity contribution is 5.80. The van der Waals surface area contributed by atoms with Crippen LogP contribution < -0.4 is 9.64 Å². The molecular weight excluding hydrogens is 423 g/mol. The quantitative estimate of drug-likeness (QED) is 0.700. The lowest BCUT2D eigenvalue weighted by atomic mass is 9.96. The molecular formula is C22H26F3N5O2. The van der Waals surface area contributed by atoms with Crippen molar-refractivity contribution in [2.24, 2.45) is 5.92 Å². The Morgan fingerprint density at radius 2 is 1.81 bits per heavy atom. The van der Waals surface area contributed by atoms with E-state index in [1.165, 1.54) is 12.1 Å². The van der Waals surface area contributed by atoms with Gasteiger partial charge in [-0.25, -0.2) is 4.98 Å². The summed E-state index contributed by atoms with van der Waals surface area (Å²) in [7, 11) is 0. The smallest absolute Gasteiger partial charge is 0.406 e. The van der Waals surface area contributed by atoms with E-state index in [0.29, 0.717) is 26.2 Å². The van der Waals surface area contributed by atoms with Crippen molar-refractivity contribution in [1.82, 2.24) is 19.8 Å². The summed E-state index contributed by atoms with van der Waals surface area (Å²) < 4.78 is 40.8. The zero-order chi connectivity index (χ0) is 22.6. The Balaban J connectivity index is 1.26. The van der Waals surface area contributed by atoms with Gasteiger partial charge in [0, 0.05) is 58.2 Å². The number of anilines is 1. The molecule has 1 atom stereocenters. The van der Waals surface area contributed by atoms with Gasteiger partial charge in [0.05, 0.1) is 12.1 Å². The fourth-order valence-corrected chi connectivity index (χ4v) is 4.28. The third-order valence-electron chi connectivity index (χ3n) is 5.89. The Labute approximate surface area is 184 Å². The molecule has 0 saturated carbocycles. The van der Waals surface area contributed by atoms with Gasteiger partial charge < -0.3 is 14.5 Å². The lowest BCUT2D eigenvalue weighted by molar-refractivity contribution is -0.274. The number of carbonyl (C=O) groups excluding carboxylic acids is 1. The molecule has 2 saturated heterocycles. The first-order chi connectivity index (χ1) is 15.4. The van der Waals surface area contributed by atoms with Crippen molar-refractivity contribution in [2.45, 2.75) is 25.7 Å². The van der Waals surface area contributed by atoms with Gasteiger partial charge in [0.2, 0.25) is 5.91 Å². The second kappa shape index (κ2) is 9.72. The van der Waals surface area contributed by atoms with E-state index < -0.39 is 6.36 Å². The van der Waals surface area contributed by atoms with Gasteiger partial charge in [-0.1, -0.05) is 12.1 Å². The Bertz CT molecular complexity index is 887. The highest BCUT2D eigenvalue weighted by Crippen LogP contribution is 2.25. The van der Waals surface area contributed by atoms with Crippen LogP contribution in [0.1, 0.15) is 18.4 Å². The van der Waals surface area contributed by atoms with Crippen LogP contribution in [0, 0.1) is 5.92 Å². The monoisotopic (exact) mass is 449 g/mol.